The molecular weight excluding hydrogens is 528 g/mol. The van der Waals surface area contributed by atoms with Gasteiger partial charge in [-0.15, -0.1) is 0 Å². The fourth-order valence-corrected chi connectivity index (χ4v) is 4.62. The second-order valence-electron chi connectivity index (χ2n) is 10.8. The molecule has 11 nitrogen and oxygen atoms in total. The molecule has 1 aliphatic rings. The molecule has 0 atom stereocenters. The lowest BCUT2D eigenvalue weighted by Gasteiger charge is -2.24. The van der Waals surface area contributed by atoms with Gasteiger partial charge < -0.3 is 29.2 Å². The van der Waals surface area contributed by atoms with Crippen LogP contribution in [0.15, 0.2) is 18.3 Å². The van der Waals surface area contributed by atoms with E-state index in [0.29, 0.717) is 41.8 Å². The molecule has 0 spiro atoms. The highest BCUT2D eigenvalue weighted by molar-refractivity contribution is 5.95. The zero-order valence-electron chi connectivity index (χ0n) is 25.3. The molecule has 3 rings (SSSR count). The molecule has 2 N–H and O–H groups in total. The van der Waals surface area contributed by atoms with Crippen molar-refractivity contribution >= 4 is 30.5 Å². The van der Waals surface area contributed by atoms with Crippen molar-refractivity contribution < 1.29 is 34.1 Å². The lowest BCUT2D eigenvalue weighted by molar-refractivity contribution is -0.123. The summed E-state index contributed by atoms with van der Waals surface area (Å²) >= 11 is 0. The Hall–Kier alpha value is -3.47. The maximum Gasteiger partial charge on any atom is 0.358 e. The van der Waals surface area contributed by atoms with Gasteiger partial charge in [0.2, 0.25) is 0 Å². The Labute approximate surface area is 243 Å². The molecule has 0 unspecified atom stereocenters. The molecule has 3 heterocycles. The van der Waals surface area contributed by atoms with E-state index in [9.17, 15) is 9.59 Å². The fraction of sp³-hybridized carbons (Fsp3) is 0.633. The minimum Gasteiger partial charge on any atom is -0.483 e. The molecule has 0 radical (unpaired) electrons. The molecule has 1 aliphatic heterocycles. The number of carbonyl (C=O) groups is 4. The summed E-state index contributed by atoms with van der Waals surface area (Å²) in [5.41, 5.74) is 2.52. The largest absolute Gasteiger partial charge is 0.483 e. The molecule has 2 aromatic rings. The predicted molar refractivity (Wildman–Crippen MR) is 157 cm³/mol. The summed E-state index contributed by atoms with van der Waals surface area (Å²) in [4.78, 5) is 52.0. The summed E-state index contributed by atoms with van der Waals surface area (Å²) in [7, 11) is 0. The number of pyridine rings is 1. The van der Waals surface area contributed by atoms with Gasteiger partial charge in [-0.1, -0.05) is 27.7 Å². The average molecular weight is 577 g/mol. The van der Waals surface area contributed by atoms with Gasteiger partial charge in [0.25, 0.3) is 18.9 Å². The first kappa shape index (κ1) is 35.6. The van der Waals surface area contributed by atoms with Crippen LogP contribution in [0.1, 0.15) is 93.3 Å². The number of aryl methyl sites for hydroxylation is 1. The second kappa shape index (κ2) is 19.6. The van der Waals surface area contributed by atoms with Crippen LogP contribution in [0.25, 0.3) is 5.65 Å². The van der Waals surface area contributed by atoms with Crippen molar-refractivity contribution in [2.24, 2.45) is 11.8 Å². The zero-order chi connectivity index (χ0) is 30.8. The van der Waals surface area contributed by atoms with Crippen LogP contribution in [0.5, 0.6) is 0 Å². The van der Waals surface area contributed by atoms with E-state index in [1.54, 1.807) is 6.92 Å². The Morgan fingerprint density at radius 3 is 2.10 bits per heavy atom. The lowest BCUT2D eigenvalue weighted by atomic mass is 10.1. The highest BCUT2D eigenvalue weighted by Gasteiger charge is 2.23. The van der Waals surface area contributed by atoms with Gasteiger partial charge in [0.1, 0.15) is 5.65 Å². The molecule has 11 heteroatoms. The number of rotatable bonds is 13. The van der Waals surface area contributed by atoms with Crippen LogP contribution < -0.4 is 0 Å². The van der Waals surface area contributed by atoms with Gasteiger partial charge in [-0.3, -0.25) is 14.4 Å². The minimum absolute atomic E-state index is 0.0441. The van der Waals surface area contributed by atoms with Gasteiger partial charge in [-0.05, 0) is 89.1 Å². The molecule has 0 aromatic carbocycles. The van der Waals surface area contributed by atoms with Crippen molar-refractivity contribution in [3.8, 4) is 0 Å². The highest BCUT2D eigenvalue weighted by atomic mass is 16.5. The molecule has 1 saturated heterocycles. The normalized spacial score (nSPS) is 12.9. The first-order valence-corrected chi connectivity index (χ1v) is 14.5. The number of hydrogen-bond donors (Lipinski definition) is 2. The van der Waals surface area contributed by atoms with Gasteiger partial charge in [0, 0.05) is 19.3 Å². The van der Waals surface area contributed by atoms with Gasteiger partial charge in [-0.2, -0.15) is 0 Å². The Kier molecular flexibility index (Phi) is 17.0. The Morgan fingerprint density at radius 1 is 1.02 bits per heavy atom. The zero-order valence-corrected chi connectivity index (χ0v) is 25.3. The molecular formula is C30H48N4O7. The quantitative estimate of drug-likeness (QED) is 0.261. The van der Waals surface area contributed by atoms with E-state index in [0.717, 1.165) is 57.7 Å². The van der Waals surface area contributed by atoms with E-state index < -0.39 is 5.97 Å². The number of esters is 1. The molecule has 2 aromatic heterocycles. The fourth-order valence-electron chi connectivity index (χ4n) is 4.62. The van der Waals surface area contributed by atoms with E-state index in [1.807, 2.05) is 27.6 Å². The van der Waals surface area contributed by atoms with Gasteiger partial charge in [0.15, 0.2) is 5.69 Å². The van der Waals surface area contributed by atoms with Crippen LogP contribution in [0.2, 0.25) is 0 Å². The van der Waals surface area contributed by atoms with Crippen molar-refractivity contribution in [1.82, 2.24) is 19.2 Å². The number of amides is 1. The maximum atomic E-state index is 13.5. The standard InChI is InChI=1S/C28H44N4O3.2CH2O2/c1-6-35-28(34)26-24(10-9-17-30-15-7-8-16-30)32-20-23(11-12-25(32)29-26)27(33)31(18-13-21(2)3)19-14-22(4)5;2*2-1-3/h11-12,20-22H,6-10,13-19H2,1-5H3;2*1H,(H,2,3). The highest BCUT2D eigenvalue weighted by Crippen LogP contribution is 2.20. The summed E-state index contributed by atoms with van der Waals surface area (Å²) in [6.45, 7) is 15.2. The van der Waals surface area contributed by atoms with Crippen molar-refractivity contribution in [3.05, 3.63) is 35.3 Å². The lowest BCUT2D eigenvalue weighted by Crippen LogP contribution is -2.34. The number of imidazole rings is 1. The van der Waals surface area contributed by atoms with E-state index in [4.69, 9.17) is 24.5 Å². The molecule has 1 fully saturated rings. The van der Waals surface area contributed by atoms with Crippen LogP contribution in [0, 0.1) is 11.8 Å². The number of likely N-dealkylation sites (tertiary alicyclic amines) is 1. The maximum absolute atomic E-state index is 13.5. The third kappa shape index (κ3) is 12.3. The predicted octanol–water partition coefficient (Wildman–Crippen LogP) is 4.48. The molecule has 41 heavy (non-hydrogen) atoms. The average Bonchev–Trinajstić information content (AvgIpc) is 3.57. The van der Waals surface area contributed by atoms with Crippen LogP contribution in [-0.2, 0) is 20.7 Å². The molecule has 1 amide bonds. The van der Waals surface area contributed by atoms with Crippen molar-refractivity contribution in [2.45, 2.75) is 73.1 Å². The smallest absolute Gasteiger partial charge is 0.358 e. The number of aromatic nitrogens is 2. The third-order valence-corrected chi connectivity index (χ3v) is 6.76. The first-order chi connectivity index (χ1) is 19.6. The molecule has 0 bridgehead atoms. The number of nitrogens with zero attached hydrogens (tertiary/aromatic N) is 4. The third-order valence-electron chi connectivity index (χ3n) is 6.76. The summed E-state index contributed by atoms with van der Waals surface area (Å²) < 4.78 is 7.24. The Bertz CT molecular complexity index is 1060. The van der Waals surface area contributed by atoms with E-state index >= 15 is 0 Å². The number of ether oxygens (including phenoxy) is 1. The number of carboxylic acid groups (broad SMARTS) is 2. The van der Waals surface area contributed by atoms with Crippen molar-refractivity contribution in [2.75, 3.05) is 39.3 Å². The minimum atomic E-state index is -0.393. The van der Waals surface area contributed by atoms with Crippen LogP contribution in [-0.4, -0.2) is 93.5 Å². The summed E-state index contributed by atoms with van der Waals surface area (Å²) in [5, 5.41) is 13.8. The molecule has 0 saturated carbocycles. The van der Waals surface area contributed by atoms with Crippen molar-refractivity contribution in [3.63, 3.8) is 0 Å². The number of carbonyl (C=O) groups excluding carboxylic acids is 2. The Morgan fingerprint density at radius 2 is 1.59 bits per heavy atom. The monoisotopic (exact) mass is 576 g/mol. The number of hydrogen-bond acceptors (Lipinski definition) is 7. The van der Waals surface area contributed by atoms with Crippen LogP contribution in [0.4, 0.5) is 0 Å². The number of fused-ring (bicyclic) bond motifs is 1. The van der Waals surface area contributed by atoms with E-state index in [-0.39, 0.29) is 18.9 Å². The van der Waals surface area contributed by atoms with Gasteiger partial charge in [-0.25, -0.2) is 9.78 Å². The van der Waals surface area contributed by atoms with E-state index in [2.05, 4.69) is 37.6 Å². The van der Waals surface area contributed by atoms with Crippen LogP contribution >= 0.6 is 0 Å². The second-order valence-corrected chi connectivity index (χ2v) is 10.8. The summed E-state index contributed by atoms with van der Waals surface area (Å²) in [6.07, 6.45) is 8.01. The summed E-state index contributed by atoms with van der Waals surface area (Å²) in [5.74, 6) is 0.725. The summed E-state index contributed by atoms with van der Waals surface area (Å²) in [6, 6.07) is 3.69. The topological polar surface area (TPSA) is 142 Å². The Balaban J connectivity index is 0.00000129. The van der Waals surface area contributed by atoms with Gasteiger partial charge >= 0.3 is 5.97 Å². The van der Waals surface area contributed by atoms with Gasteiger partial charge in [0.05, 0.1) is 17.9 Å². The van der Waals surface area contributed by atoms with Crippen LogP contribution in [0.3, 0.4) is 0 Å². The van der Waals surface area contributed by atoms with E-state index in [1.165, 1.54) is 12.8 Å². The van der Waals surface area contributed by atoms with Crippen molar-refractivity contribution in [1.29, 1.82) is 0 Å². The first-order valence-electron chi connectivity index (χ1n) is 14.5. The molecule has 0 aliphatic carbocycles. The molecule has 230 valence electrons. The SMILES string of the molecule is CCOC(=O)c1nc2ccc(C(=O)N(CCC(C)C)CCC(C)C)cn2c1CCCN1CCCC1.O=CO.O=CO.